The van der Waals surface area contributed by atoms with E-state index in [0.29, 0.717) is 11.5 Å². The molecule has 0 spiro atoms. The molecular formula is C22H21NO5S. The lowest BCUT2D eigenvalue weighted by Gasteiger charge is -2.23. The Morgan fingerprint density at radius 3 is 1.90 bits per heavy atom. The molecule has 0 fully saturated rings. The van der Waals surface area contributed by atoms with Crippen LogP contribution in [0, 0.1) is 6.92 Å². The molecule has 1 amide bonds. The Bertz CT molecular complexity index is 1090. The number of anilines is 1. The SMILES string of the molecule is COc1cc(OC)cc(C(=O)N(c2ccc(C)cc2)S(=O)(=O)c2ccccc2)c1. The van der Waals surface area contributed by atoms with E-state index >= 15 is 0 Å². The van der Waals surface area contributed by atoms with Crippen molar-refractivity contribution >= 4 is 21.6 Å². The van der Waals surface area contributed by atoms with Crippen LogP contribution in [0.3, 0.4) is 0 Å². The van der Waals surface area contributed by atoms with E-state index in [0.717, 1.165) is 9.87 Å². The Morgan fingerprint density at radius 2 is 1.38 bits per heavy atom. The lowest BCUT2D eigenvalue weighted by molar-refractivity contribution is 0.100. The monoisotopic (exact) mass is 411 g/mol. The zero-order valence-corrected chi connectivity index (χ0v) is 17.1. The largest absolute Gasteiger partial charge is 0.497 e. The smallest absolute Gasteiger partial charge is 0.272 e. The number of ether oxygens (including phenoxy) is 2. The number of nitrogens with zero attached hydrogens (tertiary/aromatic N) is 1. The molecule has 0 aliphatic heterocycles. The van der Waals surface area contributed by atoms with E-state index in [-0.39, 0.29) is 16.1 Å². The van der Waals surface area contributed by atoms with E-state index in [2.05, 4.69) is 0 Å². The molecule has 0 heterocycles. The number of aryl methyl sites for hydroxylation is 1. The predicted octanol–water partition coefficient (Wildman–Crippen LogP) is 4.05. The minimum Gasteiger partial charge on any atom is -0.497 e. The fourth-order valence-corrected chi connectivity index (χ4v) is 4.23. The Morgan fingerprint density at radius 1 is 0.828 bits per heavy atom. The van der Waals surface area contributed by atoms with Gasteiger partial charge in [0.25, 0.3) is 15.9 Å². The van der Waals surface area contributed by atoms with Crippen molar-refractivity contribution in [1.82, 2.24) is 0 Å². The summed E-state index contributed by atoms with van der Waals surface area (Å²) in [5, 5.41) is 0. The van der Waals surface area contributed by atoms with Crippen molar-refractivity contribution in [2.45, 2.75) is 11.8 Å². The highest BCUT2D eigenvalue weighted by atomic mass is 32.2. The maximum Gasteiger partial charge on any atom is 0.272 e. The zero-order chi connectivity index (χ0) is 21.0. The summed E-state index contributed by atoms with van der Waals surface area (Å²) in [6, 6.07) is 19.1. The van der Waals surface area contributed by atoms with Gasteiger partial charge in [-0.3, -0.25) is 4.79 Å². The first-order chi connectivity index (χ1) is 13.9. The standard InChI is InChI=1S/C22H21NO5S/c1-16-9-11-18(12-10-16)23(29(25,26)21-7-5-4-6-8-21)22(24)17-13-19(27-2)15-20(14-17)28-3/h4-15H,1-3H3. The van der Waals surface area contributed by atoms with Crippen LogP contribution in [-0.4, -0.2) is 28.5 Å². The molecule has 7 heteroatoms. The number of amides is 1. The summed E-state index contributed by atoms with van der Waals surface area (Å²) in [6.45, 7) is 1.88. The average Bonchev–Trinajstić information content (AvgIpc) is 2.75. The highest BCUT2D eigenvalue weighted by Gasteiger charge is 2.32. The summed E-state index contributed by atoms with van der Waals surface area (Å²) in [4.78, 5) is 13.4. The molecule has 0 N–H and O–H groups in total. The van der Waals surface area contributed by atoms with Gasteiger partial charge in [-0.15, -0.1) is 0 Å². The third-order valence-electron chi connectivity index (χ3n) is 4.33. The van der Waals surface area contributed by atoms with Crippen molar-refractivity contribution in [1.29, 1.82) is 0 Å². The molecule has 0 aliphatic rings. The number of carbonyl (C=O) groups excluding carboxylic acids is 1. The van der Waals surface area contributed by atoms with Crippen LogP contribution in [0.25, 0.3) is 0 Å². The summed E-state index contributed by atoms with van der Waals surface area (Å²) in [6.07, 6.45) is 0. The molecule has 0 saturated heterocycles. The van der Waals surface area contributed by atoms with Gasteiger partial charge in [-0.1, -0.05) is 35.9 Å². The number of carbonyl (C=O) groups is 1. The van der Waals surface area contributed by atoms with Crippen molar-refractivity contribution < 1.29 is 22.7 Å². The van der Waals surface area contributed by atoms with Crippen LogP contribution in [-0.2, 0) is 10.0 Å². The van der Waals surface area contributed by atoms with E-state index in [1.807, 2.05) is 6.92 Å². The number of methoxy groups -OCH3 is 2. The summed E-state index contributed by atoms with van der Waals surface area (Å²) < 4.78 is 38.0. The molecule has 6 nitrogen and oxygen atoms in total. The molecule has 0 aromatic heterocycles. The molecule has 0 radical (unpaired) electrons. The van der Waals surface area contributed by atoms with Gasteiger partial charge in [0, 0.05) is 11.6 Å². The van der Waals surface area contributed by atoms with Gasteiger partial charge in [0.05, 0.1) is 24.8 Å². The zero-order valence-electron chi connectivity index (χ0n) is 16.3. The normalized spacial score (nSPS) is 11.0. The van der Waals surface area contributed by atoms with Crippen LogP contribution in [0.1, 0.15) is 15.9 Å². The van der Waals surface area contributed by atoms with Crippen molar-refractivity contribution in [3.63, 3.8) is 0 Å². The molecule has 0 atom stereocenters. The maximum absolute atomic E-state index is 13.4. The van der Waals surface area contributed by atoms with E-state index in [1.165, 1.54) is 38.5 Å². The Kier molecular flexibility index (Phi) is 5.89. The topological polar surface area (TPSA) is 72.9 Å². The highest BCUT2D eigenvalue weighted by molar-refractivity contribution is 7.93. The number of hydrogen-bond acceptors (Lipinski definition) is 5. The van der Waals surface area contributed by atoms with Crippen molar-refractivity contribution in [3.8, 4) is 11.5 Å². The van der Waals surface area contributed by atoms with Crippen LogP contribution in [0.2, 0.25) is 0 Å². The van der Waals surface area contributed by atoms with Crippen molar-refractivity contribution in [2.75, 3.05) is 18.5 Å². The predicted molar refractivity (Wildman–Crippen MR) is 111 cm³/mol. The van der Waals surface area contributed by atoms with Gasteiger partial charge in [0.15, 0.2) is 0 Å². The van der Waals surface area contributed by atoms with E-state index < -0.39 is 15.9 Å². The number of rotatable bonds is 6. The summed E-state index contributed by atoms with van der Waals surface area (Å²) in [5.74, 6) is 0.0530. The van der Waals surface area contributed by atoms with Crippen LogP contribution in [0.4, 0.5) is 5.69 Å². The van der Waals surface area contributed by atoms with E-state index in [1.54, 1.807) is 48.5 Å². The Balaban J connectivity index is 2.18. The first-order valence-corrected chi connectivity index (χ1v) is 10.3. The molecule has 29 heavy (non-hydrogen) atoms. The third kappa shape index (κ3) is 4.25. The minimum absolute atomic E-state index is 0.0174. The van der Waals surface area contributed by atoms with E-state index in [4.69, 9.17) is 9.47 Å². The quantitative estimate of drug-likeness (QED) is 0.612. The first kappa shape index (κ1) is 20.4. The molecular weight excluding hydrogens is 390 g/mol. The fraction of sp³-hybridized carbons (Fsp3) is 0.136. The molecule has 0 aliphatic carbocycles. The van der Waals surface area contributed by atoms with Gasteiger partial charge in [0.1, 0.15) is 11.5 Å². The molecule has 150 valence electrons. The van der Waals surface area contributed by atoms with Crippen molar-refractivity contribution in [2.24, 2.45) is 0 Å². The van der Waals surface area contributed by atoms with Crippen molar-refractivity contribution in [3.05, 3.63) is 83.9 Å². The van der Waals surface area contributed by atoms with Crippen LogP contribution in [0.5, 0.6) is 11.5 Å². The van der Waals surface area contributed by atoms with Gasteiger partial charge >= 0.3 is 0 Å². The molecule has 3 aromatic carbocycles. The molecule has 0 unspecified atom stereocenters. The van der Waals surface area contributed by atoms with Gasteiger partial charge in [-0.25, -0.2) is 8.42 Å². The van der Waals surface area contributed by atoms with Crippen LogP contribution in [0.15, 0.2) is 77.7 Å². The lowest BCUT2D eigenvalue weighted by atomic mass is 10.1. The van der Waals surface area contributed by atoms with Gasteiger partial charge in [-0.05, 0) is 43.3 Å². The second-order valence-electron chi connectivity index (χ2n) is 6.32. The summed E-state index contributed by atoms with van der Waals surface area (Å²) in [5.41, 5.74) is 1.31. The Hall–Kier alpha value is -3.32. The van der Waals surface area contributed by atoms with Gasteiger partial charge < -0.3 is 9.47 Å². The molecule has 0 bridgehead atoms. The first-order valence-electron chi connectivity index (χ1n) is 8.81. The van der Waals surface area contributed by atoms with Gasteiger partial charge in [0.2, 0.25) is 0 Å². The number of benzene rings is 3. The molecule has 0 saturated carbocycles. The third-order valence-corrected chi connectivity index (χ3v) is 6.06. The summed E-state index contributed by atoms with van der Waals surface area (Å²) in [7, 11) is -1.23. The Labute approximate surface area is 170 Å². The molecule has 3 aromatic rings. The number of hydrogen-bond donors (Lipinski definition) is 0. The second-order valence-corrected chi connectivity index (χ2v) is 8.11. The second kappa shape index (κ2) is 8.36. The van der Waals surface area contributed by atoms with Crippen LogP contribution < -0.4 is 13.8 Å². The fourth-order valence-electron chi connectivity index (χ4n) is 2.79. The number of sulfonamides is 1. The maximum atomic E-state index is 13.4. The summed E-state index contributed by atoms with van der Waals surface area (Å²) >= 11 is 0. The highest BCUT2D eigenvalue weighted by Crippen LogP contribution is 2.29. The lowest BCUT2D eigenvalue weighted by Crippen LogP contribution is -2.37. The average molecular weight is 411 g/mol. The minimum atomic E-state index is -4.15. The van der Waals surface area contributed by atoms with Gasteiger partial charge in [-0.2, -0.15) is 4.31 Å². The molecule has 3 rings (SSSR count). The van der Waals surface area contributed by atoms with Crippen LogP contribution >= 0.6 is 0 Å². The van der Waals surface area contributed by atoms with E-state index in [9.17, 15) is 13.2 Å².